The zero-order valence-corrected chi connectivity index (χ0v) is 21.1. The third-order valence-electron chi connectivity index (χ3n) is 5.53. The van der Waals surface area contributed by atoms with Gasteiger partial charge in [-0.05, 0) is 73.4 Å². The second kappa shape index (κ2) is 11.6. The van der Waals surface area contributed by atoms with Gasteiger partial charge >= 0.3 is 5.97 Å². The first-order chi connectivity index (χ1) is 16.6. The fourth-order valence-corrected chi connectivity index (χ4v) is 5.34. The van der Waals surface area contributed by atoms with Crippen molar-refractivity contribution in [2.45, 2.75) is 42.2 Å². The molecule has 0 amide bonds. The van der Waals surface area contributed by atoms with Gasteiger partial charge in [-0.25, -0.2) is 13.2 Å². The van der Waals surface area contributed by atoms with E-state index in [0.29, 0.717) is 23.6 Å². The lowest BCUT2D eigenvalue weighted by Crippen LogP contribution is -2.32. The maximum Gasteiger partial charge on any atom is 0.328 e. The van der Waals surface area contributed by atoms with Crippen LogP contribution in [0.2, 0.25) is 5.02 Å². The number of carboxylic acid groups (broad SMARTS) is 1. The third kappa shape index (κ3) is 7.26. The van der Waals surface area contributed by atoms with E-state index in [2.05, 4.69) is 5.32 Å². The molecule has 0 spiro atoms. The summed E-state index contributed by atoms with van der Waals surface area (Å²) in [6, 6.07) is 18.6. The molecule has 0 aliphatic heterocycles. The molecule has 0 aliphatic carbocycles. The number of aryl methyl sites for hydroxylation is 1. The Hall–Kier alpha value is -2.97. The highest BCUT2D eigenvalue weighted by atomic mass is 35.5. The van der Waals surface area contributed by atoms with Gasteiger partial charge in [-0.15, -0.1) is 0 Å². The largest absolute Gasteiger partial charge is 0.478 e. The predicted molar refractivity (Wildman–Crippen MR) is 137 cm³/mol. The number of aliphatic hydroxyl groups is 1. The number of nitrogens with one attached hydrogen (secondary N) is 1. The maximum absolute atomic E-state index is 13.2. The summed E-state index contributed by atoms with van der Waals surface area (Å²) in [5.74, 6) is -1.15. The number of hydrogen-bond donors (Lipinski definition) is 3. The summed E-state index contributed by atoms with van der Waals surface area (Å²) in [6.07, 6.45) is 2.17. The lowest BCUT2D eigenvalue weighted by molar-refractivity contribution is -0.131. The van der Waals surface area contributed by atoms with Crippen molar-refractivity contribution in [3.63, 3.8) is 0 Å². The van der Waals surface area contributed by atoms with Crippen LogP contribution in [-0.4, -0.2) is 37.2 Å². The van der Waals surface area contributed by atoms with Crippen molar-refractivity contribution in [1.29, 1.82) is 0 Å². The predicted octanol–water partition coefficient (Wildman–Crippen LogP) is 4.83. The van der Waals surface area contributed by atoms with Crippen LogP contribution in [0.15, 0.2) is 82.6 Å². The minimum Gasteiger partial charge on any atom is -0.478 e. The first-order valence-electron chi connectivity index (χ1n) is 11.1. The van der Waals surface area contributed by atoms with Crippen molar-refractivity contribution in [2.75, 3.05) is 6.54 Å². The molecule has 0 aliphatic rings. The Kier molecular flexibility index (Phi) is 8.86. The Morgan fingerprint density at radius 3 is 2.46 bits per heavy atom. The zero-order chi connectivity index (χ0) is 25.6. The number of carbonyl (C=O) groups is 1. The zero-order valence-electron chi connectivity index (χ0n) is 19.5. The van der Waals surface area contributed by atoms with E-state index in [0.717, 1.165) is 22.8 Å². The Bertz CT molecular complexity index is 1320. The van der Waals surface area contributed by atoms with Crippen LogP contribution in [0, 0.1) is 6.92 Å². The highest BCUT2D eigenvalue weighted by molar-refractivity contribution is 7.91. The van der Waals surface area contributed by atoms with Crippen molar-refractivity contribution in [3.05, 3.63) is 100 Å². The molecular weight excluding hydrogens is 486 g/mol. The van der Waals surface area contributed by atoms with Gasteiger partial charge in [0, 0.05) is 23.7 Å². The van der Waals surface area contributed by atoms with Crippen molar-refractivity contribution in [3.8, 4) is 0 Å². The lowest BCUT2D eigenvalue weighted by atomic mass is 10.1. The van der Waals surface area contributed by atoms with Crippen LogP contribution in [0.3, 0.4) is 0 Å². The van der Waals surface area contributed by atoms with Gasteiger partial charge in [0.25, 0.3) is 0 Å². The minimum atomic E-state index is -3.84. The third-order valence-corrected chi connectivity index (χ3v) is 7.61. The van der Waals surface area contributed by atoms with Gasteiger partial charge in [0.1, 0.15) is 0 Å². The summed E-state index contributed by atoms with van der Waals surface area (Å²) in [6.45, 7) is 4.16. The van der Waals surface area contributed by atoms with Crippen LogP contribution < -0.4 is 5.32 Å². The molecule has 6 nitrogen and oxygen atoms in total. The Morgan fingerprint density at radius 2 is 1.80 bits per heavy atom. The normalized spacial score (nSPS) is 13.6. The summed E-state index contributed by atoms with van der Waals surface area (Å²) in [5.41, 5.74) is 2.83. The van der Waals surface area contributed by atoms with Gasteiger partial charge in [-0.2, -0.15) is 0 Å². The molecule has 0 fully saturated rings. The van der Waals surface area contributed by atoms with E-state index < -0.39 is 21.9 Å². The van der Waals surface area contributed by atoms with E-state index in [9.17, 15) is 18.3 Å². The molecule has 0 saturated carbocycles. The second-order valence-corrected chi connectivity index (χ2v) is 10.8. The smallest absolute Gasteiger partial charge is 0.328 e. The van der Waals surface area contributed by atoms with Gasteiger partial charge in [0.2, 0.25) is 9.84 Å². The molecule has 0 saturated heterocycles. The average molecular weight is 514 g/mol. The maximum atomic E-state index is 13.2. The molecule has 3 aromatic carbocycles. The van der Waals surface area contributed by atoms with Crippen LogP contribution in [0.4, 0.5) is 0 Å². The number of carboxylic acids is 1. The number of hydrogen-bond acceptors (Lipinski definition) is 5. The molecule has 3 aromatic rings. The topological polar surface area (TPSA) is 104 Å². The molecule has 0 heterocycles. The minimum absolute atomic E-state index is 0.0381. The number of sulfone groups is 1. The number of halogens is 1. The summed E-state index contributed by atoms with van der Waals surface area (Å²) in [5, 5.41) is 23.2. The summed E-state index contributed by atoms with van der Waals surface area (Å²) >= 11 is 5.99. The van der Waals surface area contributed by atoms with Crippen molar-refractivity contribution in [2.24, 2.45) is 0 Å². The van der Waals surface area contributed by atoms with Crippen molar-refractivity contribution >= 4 is 33.5 Å². The van der Waals surface area contributed by atoms with Crippen LogP contribution in [0.5, 0.6) is 0 Å². The number of benzene rings is 3. The standard InChI is InChI=1S/C27H28ClNO5S/c1-18-6-12-26(22(14-18)9-13-27(31)32)35(33,34)24-10-7-20(8-11-24)15-19(2)29-17-25(30)21-4-3-5-23(28)16-21/h3-14,16,19,25,29-30H,15,17H2,1-2H3,(H,31,32)/b13-9+/t19-,25-/m1/s1. The average Bonchev–Trinajstić information content (AvgIpc) is 2.81. The molecule has 2 atom stereocenters. The molecule has 0 aromatic heterocycles. The number of aliphatic carboxylic acids is 1. The first-order valence-corrected chi connectivity index (χ1v) is 12.9. The SMILES string of the molecule is Cc1ccc(S(=O)(=O)c2ccc(C[C@@H](C)NC[C@@H](O)c3cccc(Cl)c3)cc2)c(/C=C/C(=O)O)c1. The van der Waals surface area contributed by atoms with Gasteiger partial charge in [0.15, 0.2) is 0 Å². The summed E-state index contributed by atoms with van der Waals surface area (Å²) in [7, 11) is -3.84. The van der Waals surface area contributed by atoms with Gasteiger partial charge in [-0.1, -0.05) is 53.6 Å². The first kappa shape index (κ1) is 26.6. The molecule has 35 heavy (non-hydrogen) atoms. The highest BCUT2D eigenvalue weighted by Crippen LogP contribution is 2.26. The number of rotatable bonds is 10. The fraction of sp³-hybridized carbons (Fsp3) is 0.222. The van der Waals surface area contributed by atoms with E-state index in [4.69, 9.17) is 16.7 Å². The lowest BCUT2D eigenvalue weighted by Gasteiger charge is -2.18. The quantitative estimate of drug-likeness (QED) is 0.335. The summed E-state index contributed by atoms with van der Waals surface area (Å²) in [4.78, 5) is 11.1. The van der Waals surface area contributed by atoms with Gasteiger partial charge < -0.3 is 15.5 Å². The Labute approximate surface area is 210 Å². The molecule has 184 valence electrons. The monoisotopic (exact) mass is 513 g/mol. The molecular formula is C27H28ClNO5S. The van der Waals surface area contributed by atoms with Crippen LogP contribution in [0.1, 0.15) is 35.3 Å². The molecule has 0 bridgehead atoms. The molecule has 0 radical (unpaired) electrons. The van der Waals surface area contributed by atoms with E-state index in [1.165, 1.54) is 12.1 Å². The van der Waals surface area contributed by atoms with Gasteiger partial charge in [0.05, 0.1) is 15.9 Å². The number of aliphatic hydroxyl groups excluding tert-OH is 1. The van der Waals surface area contributed by atoms with Crippen molar-refractivity contribution in [1.82, 2.24) is 5.32 Å². The summed E-state index contributed by atoms with van der Waals surface area (Å²) < 4.78 is 26.5. The van der Waals surface area contributed by atoms with Gasteiger partial charge in [-0.3, -0.25) is 0 Å². The van der Waals surface area contributed by atoms with E-state index in [1.54, 1.807) is 54.6 Å². The Balaban J connectivity index is 1.69. The Morgan fingerprint density at radius 1 is 1.09 bits per heavy atom. The molecule has 3 N–H and O–H groups in total. The molecule has 3 rings (SSSR count). The van der Waals surface area contributed by atoms with Crippen LogP contribution in [0.25, 0.3) is 6.08 Å². The van der Waals surface area contributed by atoms with Crippen LogP contribution >= 0.6 is 11.6 Å². The molecule has 8 heteroatoms. The highest BCUT2D eigenvalue weighted by Gasteiger charge is 2.21. The second-order valence-electron chi connectivity index (χ2n) is 8.44. The fourth-order valence-electron chi connectivity index (χ4n) is 3.71. The van der Waals surface area contributed by atoms with E-state index >= 15 is 0 Å². The molecule has 0 unspecified atom stereocenters. The van der Waals surface area contributed by atoms with Crippen LogP contribution in [-0.2, 0) is 21.1 Å². The van der Waals surface area contributed by atoms with E-state index in [-0.39, 0.29) is 15.8 Å². The van der Waals surface area contributed by atoms with Crippen molar-refractivity contribution < 1.29 is 23.4 Å². The van der Waals surface area contributed by atoms with E-state index in [1.807, 2.05) is 19.9 Å².